The quantitative estimate of drug-likeness (QED) is 0.366. The zero-order valence-corrected chi connectivity index (χ0v) is 27.7. The molecule has 12 nitrogen and oxygen atoms in total. The van der Waals surface area contributed by atoms with Crippen LogP contribution < -0.4 is 20.1 Å². The number of fused-ring (bicyclic) bond motifs is 7. The third-order valence-corrected chi connectivity index (χ3v) is 9.45. The van der Waals surface area contributed by atoms with Crippen LogP contribution in [0.5, 0.6) is 11.6 Å². The first-order valence-electron chi connectivity index (χ1n) is 16.5. The van der Waals surface area contributed by atoms with Crippen molar-refractivity contribution in [3.8, 4) is 22.8 Å². The highest BCUT2D eigenvalue weighted by Crippen LogP contribution is 2.46. The molecule has 2 fully saturated rings. The number of carbonyl (C=O) groups excluding carboxylic acids is 3. The summed E-state index contributed by atoms with van der Waals surface area (Å²) in [5, 5.41) is 16.4. The van der Waals surface area contributed by atoms with Crippen molar-refractivity contribution in [1.82, 2.24) is 20.5 Å². The van der Waals surface area contributed by atoms with Crippen LogP contribution in [0.4, 0.5) is 4.79 Å². The number of nitrogens with zero attached hydrogens (tertiary/aromatic N) is 2. The maximum absolute atomic E-state index is 14.3. The second kappa shape index (κ2) is 13.0. The number of carboxylic acid groups (broad SMARTS) is 1. The van der Waals surface area contributed by atoms with Gasteiger partial charge in [-0.2, -0.15) is 0 Å². The molecule has 6 rings (SSSR count). The molecular formula is C36H42N4O8. The maximum Gasteiger partial charge on any atom is 0.407 e. The van der Waals surface area contributed by atoms with Gasteiger partial charge in [0.2, 0.25) is 17.7 Å². The molecule has 2 aliphatic heterocycles. The van der Waals surface area contributed by atoms with Crippen LogP contribution in [-0.2, 0) is 19.1 Å². The Bertz CT molecular complexity index is 1740. The Morgan fingerprint density at radius 2 is 1.85 bits per heavy atom. The molecule has 254 valence electrons. The van der Waals surface area contributed by atoms with Crippen molar-refractivity contribution in [3.63, 3.8) is 0 Å². The number of rotatable bonds is 4. The maximum atomic E-state index is 14.3. The third kappa shape index (κ3) is 6.61. The van der Waals surface area contributed by atoms with Crippen LogP contribution in [0.2, 0.25) is 0 Å². The largest absolute Gasteiger partial charge is 0.493 e. The van der Waals surface area contributed by atoms with E-state index in [0.717, 1.165) is 10.9 Å². The van der Waals surface area contributed by atoms with Crippen molar-refractivity contribution >= 4 is 34.8 Å². The lowest BCUT2D eigenvalue weighted by Gasteiger charge is -2.35. The second-order valence-electron chi connectivity index (χ2n) is 13.9. The number of benzene rings is 2. The molecule has 48 heavy (non-hydrogen) atoms. The van der Waals surface area contributed by atoms with Gasteiger partial charge < -0.3 is 34.9 Å². The predicted molar refractivity (Wildman–Crippen MR) is 176 cm³/mol. The number of cyclic esters (lactones) is 1. The zero-order valence-electron chi connectivity index (χ0n) is 27.7. The second-order valence-corrected chi connectivity index (χ2v) is 13.9. The van der Waals surface area contributed by atoms with Crippen LogP contribution in [0.3, 0.4) is 0 Å². The number of carboxylic acids is 1. The summed E-state index contributed by atoms with van der Waals surface area (Å²) in [5.74, 6) is -1.43. The lowest BCUT2D eigenvalue weighted by atomic mass is 9.85. The summed E-state index contributed by atoms with van der Waals surface area (Å²) in [5.41, 5.74) is 0.0830. The summed E-state index contributed by atoms with van der Waals surface area (Å²) in [6, 6.07) is 15.1. The van der Waals surface area contributed by atoms with E-state index in [4.69, 9.17) is 19.2 Å². The Labute approximate surface area is 279 Å². The van der Waals surface area contributed by atoms with E-state index < -0.39 is 53.0 Å². The van der Waals surface area contributed by atoms with E-state index in [1.54, 1.807) is 0 Å². The Morgan fingerprint density at radius 1 is 1.08 bits per heavy atom. The van der Waals surface area contributed by atoms with Crippen LogP contribution >= 0.6 is 0 Å². The van der Waals surface area contributed by atoms with E-state index in [1.165, 1.54) is 4.90 Å². The molecule has 0 spiro atoms. The fraction of sp³-hybridized carbons (Fsp3) is 0.472. The minimum Gasteiger partial charge on any atom is -0.493 e. The van der Waals surface area contributed by atoms with Crippen molar-refractivity contribution in [3.05, 3.63) is 54.6 Å². The van der Waals surface area contributed by atoms with Crippen LogP contribution in [0, 0.1) is 11.3 Å². The molecule has 1 saturated heterocycles. The monoisotopic (exact) mass is 658 g/mol. The van der Waals surface area contributed by atoms with Gasteiger partial charge in [-0.3, -0.25) is 9.59 Å². The van der Waals surface area contributed by atoms with E-state index in [9.17, 15) is 24.3 Å². The summed E-state index contributed by atoms with van der Waals surface area (Å²) < 4.78 is 18.0. The molecule has 3 aromatic rings. The molecule has 1 aliphatic carbocycles. The first kappa shape index (κ1) is 33.0. The SMILES string of the molecule is CC[C@@H]1CC1(NC(=O)[C@@H]1CC2CN1C(=O)[C@H](C(C)(C)C)NC(=O)OCCCOc1cccc(c1)-c1cc3ccccc3nc1O2)C(=O)O. The van der Waals surface area contributed by atoms with Gasteiger partial charge in [-0.05, 0) is 47.6 Å². The number of aliphatic carboxylic acids is 1. The number of para-hydroxylation sites is 1. The van der Waals surface area contributed by atoms with Gasteiger partial charge in [-0.15, -0.1) is 0 Å². The number of amides is 3. The number of pyridine rings is 1. The zero-order chi connectivity index (χ0) is 34.2. The van der Waals surface area contributed by atoms with Crippen molar-refractivity contribution in [2.75, 3.05) is 19.8 Å². The normalized spacial score (nSPS) is 26.1. The summed E-state index contributed by atoms with van der Waals surface area (Å²) in [4.78, 5) is 59.7. The summed E-state index contributed by atoms with van der Waals surface area (Å²) in [6.45, 7) is 7.67. The lowest BCUT2D eigenvalue weighted by Crippen LogP contribution is -2.59. The fourth-order valence-corrected chi connectivity index (χ4v) is 6.66. The van der Waals surface area contributed by atoms with Gasteiger partial charge in [-0.25, -0.2) is 14.6 Å². The molecule has 3 amide bonds. The summed E-state index contributed by atoms with van der Waals surface area (Å²) in [7, 11) is 0. The van der Waals surface area contributed by atoms with E-state index in [1.807, 2.05) is 82.3 Å². The number of ether oxygens (including phenoxy) is 3. The molecule has 4 bridgehead atoms. The number of aromatic nitrogens is 1. The molecule has 0 radical (unpaired) electrons. The minimum atomic E-state index is -1.38. The molecule has 2 unspecified atom stereocenters. The smallest absolute Gasteiger partial charge is 0.407 e. The van der Waals surface area contributed by atoms with E-state index in [-0.39, 0.29) is 25.5 Å². The lowest BCUT2D eigenvalue weighted by molar-refractivity contribution is -0.146. The molecule has 3 N–H and O–H groups in total. The highest BCUT2D eigenvalue weighted by molar-refractivity contribution is 5.96. The van der Waals surface area contributed by atoms with E-state index >= 15 is 0 Å². The fourth-order valence-electron chi connectivity index (χ4n) is 6.66. The Morgan fingerprint density at radius 3 is 2.58 bits per heavy atom. The van der Waals surface area contributed by atoms with E-state index in [0.29, 0.717) is 48.6 Å². The average molecular weight is 659 g/mol. The molecule has 3 aliphatic rings. The minimum absolute atomic E-state index is 0.00853. The predicted octanol–water partition coefficient (Wildman–Crippen LogP) is 4.54. The summed E-state index contributed by atoms with van der Waals surface area (Å²) in [6.07, 6.45) is -0.0360. The highest BCUT2D eigenvalue weighted by Gasteiger charge is 2.61. The van der Waals surface area contributed by atoms with Gasteiger partial charge in [0, 0.05) is 23.8 Å². The van der Waals surface area contributed by atoms with Crippen molar-refractivity contribution in [2.24, 2.45) is 11.3 Å². The van der Waals surface area contributed by atoms with Gasteiger partial charge in [0.1, 0.15) is 29.5 Å². The van der Waals surface area contributed by atoms with Gasteiger partial charge in [0.05, 0.1) is 25.3 Å². The van der Waals surface area contributed by atoms with E-state index in [2.05, 4.69) is 10.6 Å². The Hall–Kier alpha value is -4.87. The van der Waals surface area contributed by atoms with Gasteiger partial charge >= 0.3 is 12.1 Å². The topological polar surface area (TPSA) is 156 Å². The Kier molecular flexibility index (Phi) is 8.93. The number of alkyl carbamates (subject to hydrolysis) is 1. The third-order valence-electron chi connectivity index (χ3n) is 9.45. The van der Waals surface area contributed by atoms with Crippen molar-refractivity contribution in [1.29, 1.82) is 0 Å². The first-order chi connectivity index (χ1) is 22.9. The number of carbonyl (C=O) groups is 4. The molecule has 2 aromatic carbocycles. The van der Waals surface area contributed by atoms with Crippen LogP contribution in [0.15, 0.2) is 54.6 Å². The number of hydrogen-bond acceptors (Lipinski definition) is 8. The first-order valence-corrected chi connectivity index (χ1v) is 16.5. The van der Waals surface area contributed by atoms with Gasteiger partial charge in [-0.1, -0.05) is 64.4 Å². The van der Waals surface area contributed by atoms with Gasteiger partial charge in [0.15, 0.2) is 0 Å². The number of hydrogen-bond donors (Lipinski definition) is 3. The molecule has 3 heterocycles. The van der Waals surface area contributed by atoms with Crippen LogP contribution in [-0.4, -0.2) is 82.4 Å². The van der Waals surface area contributed by atoms with Crippen molar-refractivity contribution in [2.45, 2.75) is 77.1 Å². The summed E-state index contributed by atoms with van der Waals surface area (Å²) >= 11 is 0. The van der Waals surface area contributed by atoms with Crippen LogP contribution in [0.25, 0.3) is 22.0 Å². The standard InChI is InChI=1S/C36H42N4O8/c1-5-23-19-36(23,33(43)44)39-30(41)28-18-25-20-40(28)32(42)29(35(2,3)4)38-34(45)47-15-9-14-46-24-12-8-11-21(16-24)26-17-22-10-6-7-13-27(22)37-31(26)48-25/h6-8,10-13,16-17,23,25,28-29H,5,9,14-15,18-20H2,1-4H3,(H,38,45)(H,39,41)(H,43,44)/t23-,25?,28+,29-,36?/m1/s1. The number of nitrogens with one attached hydrogen (secondary N) is 2. The Balaban J connectivity index is 1.41. The van der Waals surface area contributed by atoms with Crippen LogP contribution in [0.1, 0.15) is 53.4 Å². The van der Waals surface area contributed by atoms with Gasteiger partial charge in [0.25, 0.3) is 0 Å². The van der Waals surface area contributed by atoms with Crippen molar-refractivity contribution < 1.29 is 38.5 Å². The average Bonchev–Trinajstić information content (AvgIpc) is 3.61. The molecule has 12 heteroatoms. The highest BCUT2D eigenvalue weighted by atomic mass is 16.6. The molecule has 1 aromatic heterocycles. The molecule has 5 atom stereocenters. The molecular weight excluding hydrogens is 616 g/mol. The molecule has 1 saturated carbocycles.